The van der Waals surface area contributed by atoms with E-state index in [0.29, 0.717) is 0 Å². The largest absolute Gasteiger partial charge is 0.547 e. The van der Waals surface area contributed by atoms with Crippen molar-refractivity contribution in [3.63, 3.8) is 0 Å². The van der Waals surface area contributed by atoms with Gasteiger partial charge in [-0.05, 0) is 58.9 Å². The molecule has 0 spiro atoms. The molecule has 0 unspecified atom stereocenters. The van der Waals surface area contributed by atoms with Crippen LogP contribution in [0.5, 0.6) is 0 Å². The molecule has 112 valence electrons. The van der Waals surface area contributed by atoms with Crippen molar-refractivity contribution in [2.75, 3.05) is 0 Å². The van der Waals surface area contributed by atoms with Gasteiger partial charge in [0.25, 0.3) is 0 Å². The lowest BCUT2D eigenvalue weighted by molar-refractivity contribution is -0.133. The molecule has 4 nitrogen and oxygen atoms in total. The predicted octanol–water partition coefficient (Wildman–Crippen LogP) is 3.91. The van der Waals surface area contributed by atoms with Gasteiger partial charge in [-0.15, -0.1) is 0 Å². The van der Waals surface area contributed by atoms with Gasteiger partial charge in [0.2, 0.25) is 30.7 Å². The maximum absolute atomic E-state index is 12.1. The quantitative estimate of drug-likeness (QED) is 0.423. The number of carbonyl (C=O) groups is 1. The molecular weight excluding hydrogens is 292 g/mol. The molecule has 0 aliphatic rings. The maximum atomic E-state index is 12.1. The Balaban J connectivity index is 5.02. The molecule has 0 atom stereocenters. The highest BCUT2D eigenvalue weighted by molar-refractivity contribution is 6.72. The van der Waals surface area contributed by atoms with E-state index in [2.05, 4.69) is 19.6 Å². The van der Waals surface area contributed by atoms with Gasteiger partial charge in [-0.25, -0.2) is 4.79 Å². The van der Waals surface area contributed by atoms with E-state index in [0.717, 1.165) is 0 Å². The van der Waals surface area contributed by atoms with Crippen LogP contribution in [0, 0.1) is 0 Å². The van der Waals surface area contributed by atoms with Crippen LogP contribution in [0.3, 0.4) is 0 Å². The van der Waals surface area contributed by atoms with Crippen LogP contribution in [-0.2, 0) is 18.1 Å². The topological polar surface area (TPSA) is 44.8 Å². The lowest BCUT2D eigenvalue weighted by Gasteiger charge is -2.25. The SMILES string of the molecule is C[Si](C)(C)O/C=C(/O[Si](C)(C)C)C(=O)O[Si](C)(C)C. The third-order valence-electron chi connectivity index (χ3n) is 1.54. The van der Waals surface area contributed by atoms with Crippen molar-refractivity contribution in [1.29, 1.82) is 0 Å². The second kappa shape index (κ2) is 6.27. The zero-order chi connectivity index (χ0) is 15.5. The van der Waals surface area contributed by atoms with Crippen molar-refractivity contribution in [3.8, 4) is 0 Å². The Morgan fingerprint density at radius 1 is 0.737 bits per heavy atom. The van der Waals surface area contributed by atoms with Crippen LogP contribution in [0.15, 0.2) is 12.0 Å². The zero-order valence-corrected chi connectivity index (χ0v) is 16.7. The summed E-state index contributed by atoms with van der Waals surface area (Å²) in [6.07, 6.45) is 1.45. The van der Waals surface area contributed by atoms with Crippen LogP contribution >= 0.6 is 0 Å². The second-order valence-electron chi connectivity index (χ2n) is 7.43. The highest BCUT2D eigenvalue weighted by Crippen LogP contribution is 2.16. The van der Waals surface area contributed by atoms with Gasteiger partial charge in [-0.3, -0.25) is 0 Å². The molecule has 0 saturated carbocycles. The van der Waals surface area contributed by atoms with E-state index in [4.69, 9.17) is 13.3 Å². The fraction of sp³-hybridized carbons (Fsp3) is 0.750. The minimum atomic E-state index is -1.93. The van der Waals surface area contributed by atoms with Crippen LogP contribution in [0.25, 0.3) is 0 Å². The molecule has 0 aromatic rings. The normalized spacial score (nSPS) is 14.1. The molecule has 0 radical (unpaired) electrons. The van der Waals surface area contributed by atoms with E-state index in [1.807, 2.05) is 39.3 Å². The minimum Gasteiger partial charge on any atom is -0.547 e. The number of hydrogen-bond donors (Lipinski definition) is 0. The van der Waals surface area contributed by atoms with E-state index < -0.39 is 30.9 Å². The Kier molecular flexibility index (Phi) is 6.10. The first-order valence-electron chi connectivity index (χ1n) is 6.50. The third-order valence-corrected chi connectivity index (χ3v) is 3.99. The fourth-order valence-electron chi connectivity index (χ4n) is 1.00. The van der Waals surface area contributed by atoms with Crippen LogP contribution in [0.4, 0.5) is 0 Å². The Morgan fingerprint density at radius 3 is 1.47 bits per heavy atom. The van der Waals surface area contributed by atoms with Crippen molar-refractivity contribution < 1.29 is 18.1 Å². The van der Waals surface area contributed by atoms with Crippen molar-refractivity contribution >= 4 is 30.9 Å². The molecule has 0 N–H and O–H groups in total. The van der Waals surface area contributed by atoms with Gasteiger partial charge in [0.1, 0.15) is 6.26 Å². The summed E-state index contributed by atoms with van der Waals surface area (Å²) < 4.78 is 16.9. The summed E-state index contributed by atoms with van der Waals surface area (Å²) in [7, 11) is -5.54. The first-order valence-corrected chi connectivity index (χ1v) is 16.7. The van der Waals surface area contributed by atoms with Crippen LogP contribution in [0.1, 0.15) is 0 Å². The number of hydrogen-bond acceptors (Lipinski definition) is 4. The van der Waals surface area contributed by atoms with Gasteiger partial charge >= 0.3 is 5.97 Å². The molecule has 0 aromatic carbocycles. The minimum absolute atomic E-state index is 0.212. The Morgan fingerprint density at radius 2 is 1.16 bits per heavy atom. The first-order chi connectivity index (χ1) is 8.20. The summed E-state index contributed by atoms with van der Waals surface area (Å²) in [6, 6.07) is 0. The molecule has 0 aromatic heterocycles. The van der Waals surface area contributed by atoms with Crippen molar-refractivity contribution in [2.24, 2.45) is 0 Å². The van der Waals surface area contributed by atoms with Gasteiger partial charge in [0.05, 0.1) is 0 Å². The van der Waals surface area contributed by atoms with Crippen molar-refractivity contribution in [3.05, 3.63) is 12.0 Å². The average Bonchev–Trinajstić information content (AvgIpc) is 2.05. The molecular formula is C12H28O4Si3. The molecule has 19 heavy (non-hydrogen) atoms. The van der Waals surface area contributed by atoms with Gasteiger partial charge < -0.3 is 13.3 Å². The molecule has 0 saturated heterocycles. The Labute approximate surface area is 120 Å². The van der Waals surface area contributed by atoms with Gasteiger partial charge in [-0.2, -0.15) is 0 Å². The van der Waals surface area contributed by atoms with E-state index in [1.54, 1.807) is 0 Å². The van der Waals surface area contributed by atoms with E-state index >= 15 is 0 Å². The Hall–Kier alpha value is -0.539. The highest BCUT2D eigenvalue weighted by atomic mass is 28.4. The molecule has 0 heterocycles. The first kappa shape index (κ1) is 18.5. The van der Waals surface area contributed by atoms with Gasteiger partial charge in [0, 0.05) is 0 Å². The molecule has 7 heteroatoms. The van der Waals surface area contributed by atoms with E-state index in [1.165, 1.54) is 6.26 Å². The summed E-state index contributed by atoms with van der Waals surface area (Å²) in [5.41, 5.74) is 0. The van der Waals surface area contributed by atoms with E-state index in [-0.39, 0.29) is 5.76 Å². The molecule has 0 amide bonds. The van der Waals surface area contributed by atoms with Crippen molar-refractivity contribution in [1.82, 2.24) is 0 Å². The van der Waals surface area contributed by atoms with Crippen molar-refractivity contribution in [2.45, 2.75) is 58.9 Å². The molecule has 0 aliphatic carbocycles. The van der Waals surface area contributed by atoms with E-state index in [9.17, 15) is 4.79 Å². The van der Waals surface area contributed by atoms with Crippen LogP contribution < -0.4 is 0 Å². The lowest BCUT2D eigenvalue weighted by Crippen LogP contribution is -2.34. The monoisotopic (exact) mass is 320 g/mol. The summed E-state index contributed by atoms with van der Waals surface area (Å²) in [5.74, 6) is -0.191. The molecule has 0 fully saturated rings. The standard InChI is InChI=1S/C12H28O4Si3/c1-17(2,3)14-10-11(15-18(4,5)6)12(13)16-19(7,8)9/h10H,1-9H3/b11-10+. The predicted molar refractivity (Wildman–Crippen MR) is 86.4 cm³/mol. The number of rotatable bonds is 6. The summed E-state index contributed by atoms with van der Waals surface area (Å²) in [4.78, 5) is 12.1. The summed E-state index contributed by atoms with van der Waals surface area (Å²) in [6.45, 7) is 18.1. The molecule has 0 aliphatic heterocycles. The van der Waals surface area contributed by atoms with Gasteiger partial charge in [-0.1, -0.05) is 0 Å². The summed E-state index contributed by atoms with van der Waals surface area (Å²) in [5, 5.41) is 0. The third kappa shape index (κ3) is 11.0. The summed E-state index contributed by atoms with van der Waals surface area (Å²) >= 11 is 0. The average molecular weight is 321 g/mol. The van der Waals surface area contributed by atoms with Gasteiger partial charge in [0.15, 0.2) is 0 Å². The fourth-order valence-corrected chi connectivity index (χ4v) is 2.91. The van der Waals surface area contributed by atoms with Crippen LogP contribution in [0.2, 0.25) is 58.9 Å². The highest BCUT2D eigenvalue weighted by Gasteiger charge is 2.28. The second-order valence-corrected chi connectivity index (χ2v) is 20.7. The Bertz CT molecular complexity index is 345. The zero-order valence-electron chi connectivity index (χ0n) is 13.7. The van der Waals surface area contributed by atoms with Crippen LogP contribution in [-0.4, -0.2) is 30.9 Å². The molecule has 0 rings (SSSR count). The lowest BCUT2D eigenvalue weighted by atomic mass is 10.6. The maximum Gasteiger partial charge on any atom is 0.362 e. The smallest absolute Gasteiger partial charge is 0.362 e. The molecule has 0 bridgehead atoms. The number of carbonyl (C=O) groups excluding carboxylic acids is 1.